The molecule has 0 atom stereocenters. The summed E-state index contributed by atoms with van der Waals surface area (Å²) in [5.74, 6) is 2.90. The third-order valence-corrected chi connectivity index (χ3v) is 7.64. The Morgan fingerprint density at radius 3 is 1.27 bits per heavy atom. The van der Waals surface area contributed by atoms with E-state index in [9.17, 15) is 29.8 Å². The molecule has 2 aromatic carbocycles. The topological polar surface area (TPSA) is 249 Å². The van der Waals surface area contributed by atoms with E-state index < -0.39 is 45.0 Å². The summed E-state index contributed by atoms with van der Waals surface area (Å²) in [4.78, 5) is 15.9. The van der Waals surface area contributed by atoms with Gasteiger partial charge in [-0.15, -0.1) is 0 Å². The number of nitrogens with zero attached hydrogens (tertiary/aromatic N) is 3. The van der Waals surface area contributed by atoms with Gasteiger partial charge < -0.3 is 15.0 Å². The van der Waals surface area contributed by atoms with E-state index in [2.05, 4.69) is 29.9 Å². The van der Waals surface area contributed by atoms with Crippen LogP contribution in [0, 0.1) is 20.8 Å². The Bertz CT molecular complexity index is 1760. The van der Waals surface area contributed by atoms with Crippen molar-refractivity contribution in [1.82, 2.24) is 29.9 Å². The molecule has 3 heterocycles. The Labute approximate surface area is 230 Å². The lowest BCUT2D eigenvalue weighted by atomic mass is 10.1. The van der Waals surface area contributed by atoms with Crippen LogP contribution in [-0.4, -0.2) is 68.8 Å². The maximum atomic E-state index is 11.5. The monoisotopic (exact) mass is 614 g/mol. The number of aromatic amines is 3. The summed E-state index contributed by atoms with van der Waals surface area (Å²) in [6.45, 7) is 5.75. The first-order chi connectivity index (χ1) is 18.5. The summed E-state index contributed by atoms with van der Waals surface area (Å²) in [5, 5.41) is -0.430. The van der Waals surface area contributed by atoms with E-state index in [-0.39, 0.29) is 10.8 Å². The molecule has 0 saturated heterocycles. The smallest absolute Gasteiger partial charge is 0.297 e. The zero-order chi connectivity index (χ0) is 30.1. The van der Waals surface area contributed by atoms with Crippen molar-refractivity contribution in [1.29, 1.82) is 0 Å². The van der Waals surface area contributed by atoms with E-state index in [0.717, 1.165) is 23.5 Å². The second-order valence-corrected chi connectivity index (χ2v) is 11.8. The number of fused-ring (bicyclic) bond motifs is 1. The number of rotatable bonds is 3. The lowest BCUT2D eigenvalue weighted by Gasteiger charge is -2.12. The highest BCUT2D eigenvalue weighted by atomic mass is 32.2. The van der Waals surface area contributed by atoms with Gasteiger partial charge in [0.1, 0.15) is 32.2 Å². The van der Waals surface area contributed by atoms with Gasteiger partial charge in [0.2, 0.25) is 0 Å². The van der Waals surface area contributed by atoms with Crippen LogP contribution in [0.3, 0.4) is 0 Å². The fourth-order valence-corrected chi connectivity index (χ4v) is 6.40. The van der Waals surface area contributed by atoms with Gasteiger partial charge in [-0.25, -0.2) is 15.0 Å². The minimum Gasteiger partial charge on any atom is -0.349 e. The van der Waals surface area contributed by atoms with Crippen LogP contribution >= 0.6 is 0 Å². The molecule has 40 heavy (non-hydrogen) atoms. The molecule has 0 bridgehead atoms. The number of benzene rings is 2. The highest BCUT2D eigenvalue weighted by Crippen LogP contribution is 2.35. The van der Waals surface area contributed by atoms with Gasteiger partial charge in [-0.1, -0.05) is 24.3 Å². The average Bonchev–Trinajstić information content (AvgIpc) is 3.63. The van der Waals surface area contributed by atoms with E-state index in [1.54, 1.807) is 37.2 Å². The number of H-pyrrole nitrogens is 3. The molecule has 0 aliphatic heterocycles. The van der Waals surface area contributed by atoms with Crippen LogP contribution in [0.2, 0.25) is 0 Å². The molecule has 0 spiro atoms. The van der Waals surface area contributed by atoms with Crippen LogP contribution in [0.25, 0.3) is 10.8 Å². The molecule has 0 fully saturated rings. The molecule has 5 aromatic rings. The van der Waals surface area contributed by atoms with Crippen molar-refractivity contribution >= 4 is 41.1 Å². The minimum absolute atomic E-state index is 0.0878. The molecule has 0 aliphatic carbocycles. The van der Waals surface area contributed by atoms with Crippen molar-refractivity contribution in [3.05, 3.63) is 85.0 Å². The first-order valence-electron chi connectivity index (χ1n) is 10.9. The predicted octanol–water partition coefficient (Wildman–Crippen LogP) is 2.73. The summed E-state index contributed by atoms with van der Waals surface area (Å²) < 4.78 is 96.0. The second-order valence-electron chi connectivity index (χ2n) is 7.70. The Hall–Kier alpha value is -3.94. The summed E-state index contributed by atoms with van der Waals surface area (Å²) in [7, 11) is -15.8. The molecule has 0 aliphatic rings. The van der Waals surface area contributed by atoms with Crippen molar-refractivity contribution in [2.24, 2.45) is 0 Å². The van der Waals surface area contributed by atoms with E-state index in [4.69, 9.17) is 9.11 Å². The molecule has 6 N–H and O–H groups in total. The molecular formula is C22H26N6O9S3. The maximum Gasteiger partial charge on any atom is 0.297 e. The predicted molar refractivity (Wildman–Crippen MR) is 143 cm³/mol. The van der Waals surface area contributed by atoms with E-state index >= 15 is 0 Å². The number of hydrogen-bond donors (Lipinski definition) is 6. The SMILES string of the molecule is Cc1ncc[nH]1.Cc1ncc[nH]1.Cc1ncc[nH]1.O=S(=O)(O)c1cc2ccccc2c(S(=O)(=O)O)c1S(=O)(=O)O. The van der Waals surface area contributed by atoms with Gasteiger partial charge in [-0.05, 0) is 32.2 Å². The molecule has 0 radical (unpaired) electrons. The van der Waals surface area contributed by atoms with Crippen molar-refractivity contribution in [2.75, 3.05) is 0 Å². The molecule has 0 amide bonds. The molecule has 0 saturated carbocycles. The minimum atomic E-state index is -5.40. The van der Waals surface area contributed by atoms with Gasteiger partial charge >= 0.3 is 0 Å². The highest BCUT2D eigenvalue weighted by molar-refractivity contribution is 7.90. The lowest BCUT2D eigenvalue weighted by Crippen LogP contribution is -2.15. The number of aryl methyl sites for hydroxylation is 3. The summed E-state index contributed by atoms with van der Waals surface area (Å²) in [5.41, 5.74) is 0. The molecule has 18 heteroatoms. The van der Waals surface area contributed by atoms with Crippen LogP contribution in [0.15, 0.2) is 82.2 Å². The quantitative estimate of drug-likeness (QED) is 0.161. The van der Waals surface area contributed by atoms with Crippen LogP contribution in [0.4, 0.5) is 0 Å². The fraction of sp³-hybridized carbons (Fsp3) is 0.136. The standard InChI is InChI=1S/C10H8O9S3.3C4H6N2/c11-20(12,13)8-5-6-3-1-2-4-7(6)9(21(14,15)16)10(8)22(17,18)19;3*1-4-5-2-3-6-4/h1-5H,(H,11,12,13)(H,14,15,16)(H,17,18,19);3*2-3H,1H3,(H,5,6). The van der Waals surface area contributed by atoms with E-state index in [1.807, 2.05) is 20.8 Å². The molecular weight excluding hydrogens is 588 g/mol. The van der Waals surface area contributed by atoms with Crippen molar-refractivity contribution in [3.63, 3.8) is 0 Å². The molecule has 216 valence electrons. The van der Waals surface area contributed by atoms with Gasteiger partial charge in [-0.2, -0.15) is 25.3 Å². The van der Waals surface area contributed by atoms with Crippen molar-refractivity contribution in [3.8, 4) is 0 Å². The lowest BCUT2D eigenvalue weighted by molar-refractivity contribution is 0.457. The molecule has 3 aromatic heterocycles. The zero-order valence-electron chi connectivity index (χ0n) is 21.2. The summed E-state index contributed by atoms with van der Waals surface area (Å²) in [6.07, 6.45) is 10.6. The third kappa shape index (κ3) is 9.67. The number of nitrogens with one attached hydrogen (secondary N) is 3. The summed E-state index contributed by atoms with van der Waals surface area (Å²) >= 11 is 0. The number of aromatic nitrogens is 6. The first kappa shape index (κ1) is 32.3. The van der Waals surface area contributed by atoms with Gasteiger partial charge in [0.25, 0.3) is 30.4 Å². The van der Waals surface area contributed by atoms with Gasteiger partial charge in [0, 0.05) is 42.6 Å². The normalized spacial score (nSPS) is 11.3. The van der Waals surface area contributed by atoms with Crippen LogP contribution in [-0.2, 0) is 30.4 Å². The highest BCUT2D eigenvalue weighted by Gasteiger charge is 2.34. The van der Waals surface area contributed by atoms with Crippen LogP contribution in [0.5, 0.6) is 0 Å². The first-order valence-corrected chi connectivity index (χ1v) is 15.2. The van der Waals surface area contributed by atoms with Crippen LogP contribution < -0.4 is 0 Å². The molecule has 5 rings (SSSR count). The average molecular weight is 615 g/mol. The Morgan fingerprint density at radius 2 is 1.00 bits per heavy atom. The largest absolute Gasteiger partial charge is 0.349 e. The maximum absolute atomic E-state index is 11.5. The van der Waals surface area contributed by atoms with E-state index in [0.29, 0.717) is 6.07 Å². The Morgan fingerprint density at radius 1 is 0.600 bits per heavy atom. The second kappa shape index (κ2) is 13.4. The summed E-state index contributed by atoms with van der Waals surface area (Å²) in [6, 6.07) is 5.69. The van der Waals surface area contributed by atoms with Crippen molar-refractivity contribution < 1.29 is 38.9 Å². The van der Waals surface area contributed by atoms with Gasteiger partial charge in [0.05, 0.1) is 0 Å². The van der Waals surface area contributed by atoms with Gasteiger partial charge in [-0.3, -0.25) is 13.7 Å². The van der Waals surface area contributed by atoms with Crippen LogP contribution in [0.1, 0.15) is 17.5 Å². The van der Waals surface area contributed by atoms with E-state index in [1.165, 1.54) is 18.2 Å². The Kier molecular flexibility index (Phi) is 10.8. The number of hydrogen-bond acceptors (Lipinski definition) is 9. The fourth-order valence-electron chi connectivity index (χ4n) is 3.00. The van der Waals surface area contributed by atoms with Crippen molar-refractivity contribution in [2.45, 2.75) is 35.5 Å². The molecule has 15 nitrogen and oxygen atoms in total. The zero-order valence-corrected chi connectivity index (χ0v) is 23.7. The third-order valence-electron chi connectivity index (χ3n) is 4.62. The number of imidazole rings is 3. The van der Waals surface area contributed by atoms with Gasteiger partial charge in [0.15, 0.2) is 0 Å². The Balaban J connectivity index is 0.000000247. The molecule has 0 unspecified atom stereocenters.